The Balaban J connectivity index is 2.37. The van der Waals surface area contributed by atoms with Crippen LogP contribution >= 0.6 is 0 Å². The van der Waals surface area contributed by atoms with E-state index in [9.17, 15) is 4.79 Å². The van der Waals surface area contributed by atoms with Crippen molar-refractivity contribution in [3.63, 3.8) is 0 Å². The molecule has 0 saturated heterocycles. The number of aromatic nitrogens is 3. The van der Waals surface area contributed by atoms with E-state index in [2.05, 4.69) is 19.9 Å². The van der Waals surface area contributed by atoms with Crippen LogP contribution in [0.4, 0.5) is 0 Å². The standard InChI is InChI=1S/C9H7N3O3/c13-8(14)4-7-9(12-15-11-7)6-2-1-3-10-5-6/h1-3,5H,4H2,(H,13,14). The summed E-state index contributed by atoms with van der Waals surface area (Å²) in [6.45, 7) is 0. The minimum Gasteiger partial charge on any atom is -0.481 e. The zero-order chi connectivity index (χ0) is 10.7. The lowest BCUT2D eigenvalue weighted by molar-refractivity contribution is -0.136. The van der Waals surface area contributed by atoms with E-state index in [4.69, 9.17) is 5.11 Å². The molecule has 0 bridgehead atoms. The van der Waals surface area contributed by atoms with Crippen LogP contribution in [0.3, 0.4) is 0 Å². The number of aliphatic carboxylic acids is 1. The predicted molar refractivity (Wildman–Crippen MR) is 48.9 cm³/mol. The van der Waals surface area contributed by atoms with Gasteiger partial charge >= 0.3 is 5.97 Å². The molecular weight excluding hydrogens is 198 g/mol. The number of hydrogen-bond donors (Lipinski definition) is 1. The summed E-state index contributed by atoms with van der Waals surface area (Å²) in [5.74, 6) is -0.976. The van der Waals surface area contributed by atoms with Gasteiger partial charge in [0.15, 0.2) is 0 Å². The molecule has 0 spiro atoms. The van der Waals surface area contributed by atoms with Crippen LogP contribution in [0.1, 0.15) is 5.69 Å². The number of carboxylic acid groups (broad SMARTS) is 1. The monoisotopic (exact) mass is 205 g/mol. The number of pyridine rings is 1. The molecule has 0 amide bonds. The molecule has 0 aromatic carbocycles. The minimum absolute atomic E-state index is 0.215. The molecule has 76 valence electrons. The average molecular weight is 205 g/mol. The van der Waals surface area contributed by atoms with Gasteiger partial charge in [0, 0.05) is 18.0 Å². The van der Waals surface area contributed by atoms with Gasteiger partial charge in [0.25, 0.3) is 0 Å². The van der Waals surface area contributed by atoms with E-state index in [1.54, 1.807) is 24.5 Å². The van der Waals surface area contributed by atoms with Gasteiger partial charge in [0.1, 0.15) is 11.4 Å². The first-order valence-corrected chi connectivity index (χ1v) is 4.21. The summed E-state index contributed by atoms with van der Waals surface area (Å²) in [5.41, 5.74) is 1.41. The number of carbonyl (C=O) groups is 1. The van der Waals surface area contributed by atoms with Gasteiger partial charge in [-0.15, -0.1) is 0 Å². The van der Waals surface area contributed by atoms with Gasteiger partial charge in [0.05, 0.1) is 6.42 Å². The molecule has 6 heteroatoms. The van der Waals surface area contributed by atoms with Crippen LogP contribution in [-0.2, 0) is 11.2 Å². The van der Waals surface area contributed by atoms with Gasteiger partial charge in [-0.1, -0.05) is 5.16 Å². The average Bonchev–Trinajstić information content (AvgIpc) is 2.66. The first kappa shape index (κ1) is 9.32. The van der Waals surface area contributed by atoms with Crippen molar-refractivity contribution in [3.8, 4) is 11.3 Å². The molecule has 0 aliphatic heterocycles. The maximum absolute atomic E-state index is 10.5. The summed E-state index contributed by atoms with van der Waals surface area (Å²) < 4.78 is 4.51. The van der Waals surface area contributed by atoms with Crippen molar-refractivity contribution in [2.45, 2.75) is 6.42 Å². The lowest BCUT2D eigenvalue weighted by atomic mass is 10.1. The van der Waals surface area contributed by atoms with E-state index < -0.39 is 5.97 Å². The molecule has 0 fully saturated rings. The summed E-state index contributed by atoms with van der Waals surface area (Å²) in [6, 6.07) is 3.49. The molecule has 0 atom stereocenters. The molecule has 0 radical (unpaired) electrons. The highest BCUT2D eigenvalue weighted by atomic mass is 16.6. The van der Waals surface area contributed by atoms with Crippen LogP contribution < -0.4 is 0 Å². The third-order valence-corrected chi connectivity index (χ3v) is 1.81. The van der Waals surface area contributed by atoms with Crippen molar-refractivity contribution >= 4 is 5.97 Å². The van der Waals surface area contributed by atoms with Crippen LogP contribution in [0, 0.1) is 0 Å². The molecule has 0 saturated carbocycles. The second-order valence-electron chi connectivity index (χ2n) is 2.87. The molecule has 2 rings (SSSR count). The Labute approximate surface area is 84.5 Å². The summed E-state index contributed by atoms with van der Waals surface area (Å²) in [7, 11) is 0. The Morgan fingerprint density at radius 2 is 2.33 bits per heavy atom. The summed E-state index contributed by atoms with van der Waals surface area (Å²) in [5, 5.41) is 15.8. The molecular formula is C9H7N3O3. The molecule has 2 heterocycles. The number of carboxylic acids is 1. The first-order chi connectivity index (χ1) is 7.27. The zero-order valence-electron chi connectivity index (χ0n) is 7.62. The second kappa shape index (κ2) is 3.87. The van der Waals surface area contributed by atoms with E-state index in [1.165, 1.54) is 0 Å². The Hall–Kier alpha value is -2.24. The zero-order valence-corrected chi connectivity index (χ0v) is 7.62. The molecule has 0 unspecified atom stereocenters. The second-order valence-corrected chi connectivity index (χ2v) is 2.87. The van der Waals surface area contributed by atoms with Crippen molar-refractivity contribution in [1.82, 2.24) is 15.3 Å². The van der Waals surface area contributed by atoms with E-state index in [0.717, 1.165) is 0 Å². The maximum Gasteiger partial charge on any atom is 0.309 e. The van der Waals surface area contributed by atoms with Gasteiger partial charge < -0.3 is 5.11 Å². The lowest BCUT2D eigenvalue weighted by Crippen LogP contribution is -2.01. The smallest absolute Gasteiger partial charge is 0.309 e. The van der Waals surface area contributed by atoms with Crippen LogP contribution in [-0.4, -0.2) is 26.4 Å². The van der Waals surface area contributed by atoms with Crippen molar-refractivity contribution in [2.75, 3.05) is 0 Å². The highest BCUT2D eigenvalue weighted by Gasteiger charge is 2.14. The van der Waals surface area contributed by atoms with Crippen molar-refractivity contribution < 1.29 is 14.5 Å². The van der Waals surface area contributed by atoms with Crippen LogP contribution in [0.25, 0.3) is 11.3 Å². The molecule has 0 aliphatic rings. The van der Waals surface area contributed by atoms with Crippen molar-refractivity contribution in [1.29, 1.82) is 0 Å². The van der Waals surface area contributed by atoms with Crippen LogP contribution in [0.5, 0.6) is 0 Å². The molecule has 6 nitrogen and oxygen atoms in total. The van der Waals surface area contributed by atoms with Gasteiger partial charge in [-0.05, 0) is 17.3 Å². The Morgan fingerprint density at radius 3 is 3.00 bits per heavy atom. The Kier molecular flexibility index (Phi) is 2.40. The topological polar surface area (TPSA) is 89.1 Å². The summed E-state index contributed by atoms with van der Waals surface area (Å²) in [6.07, 6.45) is 2.98. The third-order valence-electron chi connectivity index (χ3n) is 1.81. The van der Waals surface area contributed by atoms with E-state index in [-0.39, 0.29) is 6.42 Å². The maximum atomic E-state index is 10.5. The number of nitrogens with zero attached hydrogens (tertiary/aromatic N) is 3. The van der Waals surface area contributed by atoms with E-state index >= 15 is 0 Å². The Morgan fingerprint density at radius 1 is 1.47 bits per heavy atom. The Bertz CT molecular complexity index is 466. The summed E-state index contributed by atoms with van der Waals surface area (Å²) in [4.78, 5) is 14.4. The number of rotatable bonds is 3. The van der Waals surface area contributed by atoms with Crippen molar-refractivity contribution in [2.24, 2.45) is 0 Å². The largest absolute Gasteiger partial charge is 0.481 e. The van der Waals surface area contributed by atoms with Crippen LogP contribution in [0.15, 0.2) is 29.2 Å². The minimum atomic E-state index is -0.976. The van der Waals surface area contributed by atoms with Gasteiger partial charge in [-0.25, -0.2) is 4.63 Å². The van der Waals surface area contributed by atoms with Crippen LogP contribution in [0.2, 0.25) is 0 Å². The normalized spacial score (nSPS) is 10.1. The molecule has 15 heavy (non-hydrogen) atoms. The third kappa shape index (κ3) is 1.98. The fraction of sp³-hybridized carbons (Fsp3) is 0.111. The highest BCUT2D eigenvalue weighted by Crippen LogP contribution is 2.19. The fourth-order valence-corrected chi connectivity index (χ4v) is 1.19. The van der Waals surface area contributed by atoms with Crippen molar-refractivity contribution in [3.05, 3.63) is 30.2 Å². The molecule has 1 N–H and O–H groups in total. The molecule has 2 aromatic rings. The highest BCUT2D eigenvalue weighted by molar-refractivity contribution is 5.73. The number of hydrogen-bond acceptors (Lipinski definition) is 5. The van der Waals surface area contributed by atoms with E-state index in [0.29, 0.717) is 17.0 Å². The van der Waals surface area contributed by atoms with Gasteiger partial charge in [-0.2, -0.15) is 0 Å². The predicted octanol–water partition coefficient (Wildman–Crippen LogP) is 0.759. The quantitative estimate of drug-likeness (QED) is 0.795. The molecule has 2 aromatic heterocycles. The van der Waals surface area contributed by atoms with E-state index in [1.807, 2.05) is 0 Å². The molecule has 0 aliphatic carbocycles. The SMILES string of the molecule is O=C(O)Cc1nonc1-c1cccnc1. The lowest BCUT2D eigenvalue weighted by Gasteiger charge is -1.95. The first-order valence-electron chi connectivity index (χ1n) is 4.21. The fourth-order valence-electron chi connectivity index (χ4n) is 1.19. The van der Waals surface area contributed by atoms with Gasteiger partial charge in [0.2, 0.25) is 0 Å². The van der Waals surface area contributed by atoms with Gasteiger partial charge in [-0.3, -0.25) is 9.78 Å². The summed E-state index contributed by atoms with van der Waals surface area (Å²) >= 11 is 0.